The number of nitrogens with zero attached hydrogens (tertiary/aromatic N) is 2. The molecule has 0 atom stereocenters. The largest absolute Gasteiger partial charge is 0.496 e. The summed E-state index contributed by atoms with van der Waals surface area (Å²) >= 11 is 1.10. The number of hydrogen-bond donors (Lipinski definition) is 2. The summed E-state index contributed by atoms with van der Waals surface area (Å²) in [5.41, 5.74) is 2.11. The van der Waals surface area contributed by atoms with Crippen LogP contribution >= 0.6 is 11.8 Å². The molecule has 2 amide bonds. The maximum atomic E-state index is 12.7. The lowest BCUT2D eigenvalue weighted by Crippen LogP contribution is -2.19. The molecule has 1 heterocycles. The lowest BCUT2D eigenvalue weighted by atomic mass is 10.1. The molecule has 0 saturated heterocycles. The van der Waals surface area contributed by atoms with Gasteiger partial charge in [-0.05, 0) is 36.4 Å². The average molecular weight is 461 g/mol. The van der Waals surface area contributed by atoms with Gasteiger partial charge in [-0.2, -0.15) is 0 Å². The predicted molar refractivity (Wildman–Crippen MR) is 126 cm³/mol. The van der Waals surface area contributed by atoms with Crippen LogP contribution in [0.5, 0.6) is 5.75 Å². The number of carbonyl (C=O) groups excluding carboxylic acids is 2. The topological polar surface area (TPSA) is 106 Å². The summed E-state index contributed by atoms with van der Waals surface area (Å²) < 4.78 is 11.0. The van der Waals surface area contributed by atoms with Crippen molar-refractivity contribution in [2.75, 3.05) is 23.5 Å². The van der Waals surface area contributed by atoms with Crippen molar-refractivity contribution in [3.8, 4) is 17.2 Å². The number of thioether (sulfide) groups is 1. The molecule has 4 aromatic rings. The van der Waals surface area contributed by atoms with E-state index in [9.17, 15) is 9.59 Å². The van der Waals surface area contributed by atoms with Crippen LogP contribution in [0.3, 0.4) is 0 Å². The minimum atomic E-state index is -0.317. The molecule has 0 radical (unpaired) electrons. The van der Waals surface area contributed by atoms with Gasteiger partial charge in [0.1, 0.15) is 5.75 Å². The summed E-state index contributed by atoms with van der Waals surface area (Å²) in [7, 11) is 1.56. The SMILES string of the molecule is COc1ccccc1-c1nnc(SCC(=O)Nc2ccccc2C(=O)Nc2ccccc2)o1. The van der Waals surface area contributed by atoms with Crippen molar-refractivity contribution in [3.05, 3.63) is 84.4 Å². The molecule has 0 spiro atoms. The number of para-hydroxylation sites is 3. The third-order valence-corrected chi connectivity index (χ3v) is 5.37. The van der Waals surface area contributed by atoms with E-state index in [0.29, 0.717) is 34.1 Å². The molecule has 0 unspecified atom stereocenters. The number of anilines is 2. The van der Waals surface area contributed by atoms with Gasteiger partial charge in [0.15, 0.2) is 0 Å². The van der Waals surface area contributed by atoms with Crippen LogP contribution in [0, 0.1) is 0 Å². The molecule has 0 saturated carbocycles. The fraction of sp³-hybridized carbons (Fsp3) is 0.0833. The Kier molecular flexibility index (Phi) is 7.01. The number of hydrogen-bond acceptors (Lipinski definition) is 7. The minimum Gasteiger partial charge on any atom is -0.496 e. The number of rotatable bonds is 8. The van der Waals surface area contributed by atoms with E-state index in [1.165, 1.54) is 0 Å². The van der Waals surface area contributed by atoms with Gasteiger partial charge in [-0.15, -0.1) is 10.2 Å². The molecule has 2 N–H and O–H groups in total. The lowest BCUT2D eigenvalue weighted by Gasteiger charge is -2.11. The fourth-order valence-electron chi connectivity index (χ4n) is 3.02. The molecule has 8 nitrogen and oxygen atoms in total. The number of ether oxygens (including phenoxy) is 1. The zero-order valence-corrected chi connectivity index (χ0v) is 18.5. The molecule has 9 heteroatoms. The smallest absolute Gasteiger partial charge is 0.277 e. The van der Waals surface area contributed by atoms with E-state index < -0.39 is 0 Å². The Balaban J connectivity index is 1.38. The van der Waals surface area contributed by atoms with Crippen molar-refractivity contribution in [3.63, 3.8) is 0 Å². The molecule has 3 aromatic carbocycles. The van der Waals surface area contributed by atoms with Crippen molar-refractivity contribution in [1.82, 2.24) is 10.2 Å². The second-order valence-corrected chi connectivity index (χ2v) is 7.70. The van der Waals surface area contributed by atoms with E-state index in [4.69, 9.17) is 9.15 Å². The monoisotopic (exact) mass is 460 g/mol. The summed E-state index contributed by atoms with van der Waals surface area (Å²) in [6.45, 7) is 0. The van der Waals surface area contributed by atoms with Crippen LogP contribution in [-0.2, 0) is 4.79 Å². The maximum Gasteiger partial charge on any atom is 0.277 e. The maximum absolute atomic E-state index is 12.7. The van der Waals surface area contributed by atoms with Gasteiger partial charge >= 0.3 is 0 Å². The van der Waals surface area contributed by atoms with Crippen LogP contribution in [0.25, 0.3) is 11.5 Å². The normalized spacial score (nSPS) is 10.5. The van der Waals surface area contributed by atoms with Gasteiger partial charge in [0.25, 0.3) is 17.0 Å². The fourth-order valence-corrected chi connectivity index (χ4v) is 3.59. The van der Waals surface area contributed by atoms with Gasteiger partial charge in [0.05, 0.1) is 29.7 Å². The second-order valence-electron chi connectivity index (χ2n) is 6.78. The lowest BCUT2D eigenvalue weighted by molar-refractivity contribution is -0.113. The van der Waals surface area contributed by atoms with Gasteiger partial charge < -0.3 is 19.8 Å². The molecule has 0 aliphatic carbocycles. The minimum absolute atomic E-state index is 0.0300. The van der Waals surface area contributed by atoms with Gasteiger partial charge in [-0.1, -0.05) is 54.2 Å². The molecule has 0 aliphatic heterocycles. The van der Waals surface area contributed by atoms with Crippen LogP contribution in [0.15, 0.2) is 88.5 Å². The zero-order chi connectivity index (χ0) is 23.0. The van der Waals surface area contributed by atoms with Crippen LogP contribution in [0.4, 0.5) is 11.4 Å². The van der Waals surface area contributed by atoms with Gasteiger partial charge in [0.2, 0.25) is 5.91 Å². The van der Waals surface area contributed by atoms with Crippen LogP contribution < -0.4 is 15.4 Å². The van der Waals surface area contributed by atoms with Crippen molar-refractivity contribution < 1.29 is 18.7 Å². The number of benzene rings is 3. The van der Waals surface area contributed by atoms with E-state index in [-0.39, 0.29) is 22.8 Å². The summed E-state index contributed by atoms with van der Waals surface area (Å²) in [6.07, 6.45) is 0. The number of nitrogens with one attached hydrogen (secondary N) is 2. The highest BCUT2D eigenvalue weighted by Gasteiger charge is 2.16. The highest BCUT2D eigenvalue weighted by atomic mass is 32.2. The van der Waals surface area contributed by atoms with E-state index in [2.05, 4.69) is 20.8 Å². The zero-order valence-electron chi connectivity index (χ0n) is 17.6. The molecule has 33 heavy (non-hydrogen) atoms. The van der Waals surface area contributed by atoms with Gasteiger partial charge in [-0.3, -0.25) is 9.59 Å². The number of aromatic nitrogens is 2. The van der Waals surface area contributed by atoms with Crippen molar-refractivity contribution in [2.24, 2.45) is 0 Å². The number of amides is 2. The van der Waals surface area contributed by atoms with Crippen LogP contribution in [0.2, 0.25) is 0 Å². The Bertz CT molecular complexity index is 1260. The van der Waals surface area contributed by atoms with Gasteiger partial charge in [-0.25, -0.2) is 0 Å². The number of carbonyl (C=O) groups is 2. The van der Waals surface area contributed by atoms with Crippen LogP contribution in [-0.4, -0.2) is 34.9 Å². The van der Waals surface area contributed by atoms with Crippen LogP contribution in [0.1, 0.15) is 10.4 Å². The van der Waals surface area contributed by atoms with E-state index in [1.807, 2.05) is 36.4 Å². The Labute approximate surface area is 194 Å². The van der Waals surface area contributed by atoms with E-state index in [0.717, 1.165) is 11.8 Å². The first-order valence-corrected chi connectivity index (χ1v) is 11.0. The molecule has 0 aliphatic rings. The Morgan fingerprint density at radius 1 is 0.909 bits per heavy atom. The summed E-state index contributed by atoms with van der Waals surface area (Å²) in [5.74, 6) is 0.321. The molecule has 0 bridgehead atoms. The standard InChI is InChI=1S/C24H20N4O4S/c1-31-20-14-8-6-12-18(20)23-27-28-24(32-23)33-15-21(29)26-19-13-7-5-11-17(19)22(30)25-16-9-3-2-4-10-16/h2-14H,15H2,1H3,(H,25,30)(H,26,29). The summed E-state index contributed by atoms with van der Waals surface area (Å²) in [5, 5.41) is 13.9. The Morgan fingerprint density at radius 3 is 2.45 bits per heavy atom. The third kappa shape index (κ3) is 5.58. The number of methoxy groups -OCH3 is 1. The average Bonchev–Trinajstić information content (AvgIpc) is 3.32. The predicted octanol–water partition coefficient (Wildman–Crippen LogP) is 4.73. The second kappa shape index (κ2) is 10.5. The quantitative estimate of drug-likeness (QED) is 0.366. The molecular formula is C24H20N4O4S. The van der Waals surface area contributed by atoms with Crippen molar-refractivity contribution in [1.29, 1.82) is 0 Å². The Hall–Kier alpha value is -4.11. The van der Waals surface area contributed by atoms with E-state index >= 15 is 0 Å². The molecule has 4 rings (SSSR count). The van der Waals surface area contributed by atoms with E-state index in [1.54, 1.807) is 49.6 Å². The first-order valence-electron chi connectivity index (χ1n) is 9.99. The summed E-state index contributed by atoms with van der Waals surface area (Å²) in [6, 6.07) is 23.2. The first kappa shape index (κ1) is 22.1. The Morgan fingerprint density at radius 2 is 1.64 bits per heavy atom. The first-order chi connectivity index (χ1) is 16.1. The highest BCUT2D eigenvalue weighted by molar-refractivity contribution is 7.99. The van der Waals surface area contributed by atoms with Crippen molar-refractivity contribution in [2.45, 2.75) is 5.22 Å². The van der Waals surface area contributed by atoms with Crippen molar-refractivity contribution >= 4 is 35.0 Å². The molecule has 166 valence electrons. The highest BCUT2D eigenvalue weighted by Crippen LogP contribution is 2.30. The van der Waals surface area contributed by atoms with Gasteiger partial charge in [0, 0.05) is 5.69 Å². The molecular weight excluding hydrogens is 440 g/mol. The third-order valence-electron chi connectivity index (χ3n) is 4.55. The molecule has 0 fully saturated rings. The molecule has 1 aromatic heterocycles. The summed E-state index contributed by atoms with van der Waals surface area (Å²) in [4.78, 5) is 25.2.